The van der Waals surface area contributed by atoms with Crippen LogP contribution in [0.5, 0.6) is 0 Å². The van der Waals surface area contributed by atoms with Crippen LogP contribution in [0, 0.1) is 0 Å². The molecule has 10 atom stereocenters. The average Bonchev–Trinajstić information content (AvgIpc) is 3.72. The molecule has 0 aromatic carbocycles. The van der Waals surface area contributed by atoms with Gasteiger partial charge >= 0.3 is 13.6 Å². The van der Waals surface area contributed by atoms with Crippen LogP contribution in [-0.4, -0.2) is 99.9 Å². The van der Waals surface area contributed by atoms with E-state index in [0.717, 1.165) is 15.7 Å². The Morgan fingerprint density at radius 1 is 0.867 bits per heavy atom. The van der Waals surface area contributed by atoms with Crippen molar-refractivity contribution in [2.75, 3.05) is 18.9 Å². The number of halogens is 2. The summed E-state index contributed by atoms with van der Waals surface area (Å²) in [4.78, 5) is 36.7. The van der Waals surface area contributed by atoms with Crippen LogP contribution in [0.15, 0.2) is 15.9 Å². The number of nitrogens with zero attached hydrogens (tertiary/aromatic N) is 8. The lowest BCUT2D eigenvalue weighted by atomic mass is 10.1. The third kappa shape index (κ3) is 5.49. The minimum Gasteiger partial charge on any atom is -0.369 e. The average molecular weight is 713 g/mol. The number of anilines is 1. The molecule has 0 amide bonds. The van der Waals surface area contributed by atoms with Gasteiger partial charge in [0.25, 0.3) is 11.1 Å². The second kappa shape index (κ2) is 11.1. The molecular formula is C18H19F2N11O10P2S2. The predicted octanol–water partition coefficient (Wildman–Crippen LogP) is -0.0110. The first kappa shape index (κ1) is 30.8. The number of aromatic nitrogens is 10. The van der Waals surface area contributed by atoms with Gasteiger partial charge in [0.05, 0.1) is 19.5 Å². The van der Waals surface area contributed by atoms with Gasteiger partial charge in [0.2, 0.25) is 5.95 Å². The Morgan fingerprint density at radius 3 is 2.18 bits per heavy atom. The molecule has 21 nitrogen and oxygen atoms in total. The maximum atomic E-state index is 15.9. The number of H-pyrrole nitrogens is 2. The highest BCUT2D eigenvalue weighted by atomic mass is 32.7. The summed E-state index contributed by atoms with van der Waals surface area (Å²) in [5.41, 5.74) is 3.32. The second-order valence-electron chi connectivity index (χ2n) is 9.78. The molecule has 0 saturated carbocycles. The van der Waals surface area contributed by atoms with Gasteiger partial charge in [0.15, 0.2) is 47.1 Å². The fourth-order valence-corrected chi connectivity index (χ4v) is 7.90. The molecule has 0 aliphatic carbocycles. The summed E-state index contributed by atoms with van der Waals surface area (Å²) in [6.45, 7) is -10.7. The Labute approximate surface area is 256 Å². The number of nitrogens with one attached hydrogen (secondary N) is 2. The Kier molecular flexibility index (Phi) is 7.62. The van der Waals surface area contributed by atoms with E-state index in [-0.39, 0.29) is 28.3 Å². The predicted molar refractivity (Wildman–Crippen MR) is 149 cm³/mol. The maximum Gasteiger partial charge on any atom is 0.386 e. The van der Waals surface area contributed by atoms with Gasteiger partial charge in [0.1, 0.15) is 24.4 Å². The van der Waals surface area contributed by atoms with Gasteiger partial charge in [-0.3, -0.25) is 32.7 Å². The van der Waals surface area contributed by atoms with E-state index < -0.39 is 87.1 Å². The fourth-order valence-electron chi connectivity index (χ4n) is 4.97. The van der Waals surface area contributed by atoms with E-state index in [4.69, 9.17) is 33.3 Å². The number of nitrogen functional groups attached to an aromatic ring is 1. The lowest BCUT2D eigenvalue weighted by Crippen LogP contribution is -2.34. The SMILES string of the molecule is Nc1nc2c(nnn2[C@@H]2O[C@@H]3COP(=O)(S)O[C@H]4[C@H](F)[C@H](n5nnc6c(=O)[nH]cnc65)O[C@@H]4COP(=O)(S)O[C@@H]2[C@@H]3F)c(=O)[nH]1. The van der Waals surface area contributed by atoms with Crippen molar-refractivity contribution in [3.63, 3.8) is 0 Å². The minimum atomic E-state index is -4.56. The molecule has 2 bridgehead atoms. The van der Waals surface area contributed by atoms with Crippen LogP contribution in [0.4, 0.5) is 14.7 Å². The lowest BCUT2D eigenvalue weighted by Gasteiger charge is -2.25. The van der Waals surface area contributed by atoms with Crippen LogP contribution in [0.3, 0.4) is 0 Å². The highest BCUT2D eigenvalue weighted by Crippen LogP contribution is 2.60. The van der Waals surface area contributed by atoms with Gasteiger partial charge in [0, 0.05) is 0 Å². The topological polar surface area (TPSA) is 268 Å². The van der Waals surface area contributed by atoms with E-state index >= 15 is 8.78 Å². The number of rotatable bonds is 2. The smallest absolute Gasteiger partial charge is 0.369 e. The van der Waals surface area contributed by atoms with Crippen LogP contribution in [0.2, 0.25) is 0 Å². The van der Waals surface area contributed by atoms with Gasteiger partial charge in [-0.25, -0.2) is 22.9 Å². The zero-order valence-corrected chi connectivity index (χ0v) is 25.5. The summed E-state index contributed by atoms with van der Waals surface area (Å²) in [5, 5.41) is 14.9. The van der Waals surface area contributed by atoms with Crippen LogP contribution in [0.1, 0.15) is 12.5 Å². The number of thiol groups is 2. The number of fused-ring (bicyclic) bond motifs is 5. The Morgan fingerprint density at radius 2 is 1.47 bits per heavy atom. The highest BCUT2D eigenvalue weighted by Gasteiger charge is 2.55. The standard InChI is InChI=1S/C18H19F2N11O10P2S2/c19-6-4-1-36-42(34,44)40-10-5(39-16(7(10)20)30-12-8(26-28-30)14(32)23-3-22-12)2-37-43(35,45)41-11(6)17(38-4)31-13-9(27-29-31)15(33)25-18(21)24-13/h3-7,10-11,16-17H,1-2H2,(H,34,44)(H,35,45)(H,22,23,32)(H3,21,24,25,33)/t4-,5-,6-,7+,10-,11-,16-,17-,42?,43?/m1/s1. The number of hydrogen-bond donors (Lipinski definition) is 5. The Hall–Kier alpha value is -2.86. The molecule has 0 spiro atoms. The normalized spacial score (nSPS) is 37.7. The van der Waals surface area contributed by atoms with Crippen LogP contribution in [0.25, 0.3) is 22.3 Å². The third-order valence-corrected chi connectivity index (χ3v) is 10.2. The lowest BCUT2D eigenvalue weighted by molar-refractivity contribution is -0.0619. The molecule has 4 aromatic rings. The molecule has 3 fully saturated rings. The van der Waals surface area contributed by atoms with E-state index in [2.05, 4.69) is 65.1 Å². The highest BCUT2D eigenvalue weighted by molar-refractivity contribution is 8.44. The molecule has 45 heavy (non-hydrogen) atoms. The summed E-state index contributed by atoms with van der Waals surface area (Å²) in [6.07, 6.45) is -13.3. The summed E-state index contributed by atoms with van der Waals surface area (Å²) < 4.78 is 92.9. The first-order valence-corrected chi connectivity index (χ1v) is 18.0. The van der Waals surface area contributed by atoms with Crippen molar-refractivity contribution in [2.45, 2.75) is 49.2 Å². The van der Waals surface area contributed by atoms with E-state index in [0.29, 0.717) is 0 Å². The van der Waals surface area contributed by atoms with Crippen LogP contribution >= 0.6 is 38.1 Å². The van der Waals surface area contributed by atoms with Crippen LogP contribution < -0.4 is 16.9 Å². The summed E-state index contributed by atoms with van der Waals surface area (Å²) in [5.74, 6) is -0.321. The molecule has 7 rings (SSSR count). The molecule has 4 N–H and O–H groups in total. The molecule has 242 valence electrons. The summed E-state index contributed by atoms with van der Waals surface area (Å²) in [7, 11) is 0. The summed E-state index contributed by atoms with van der Waals surface area (Å²) in [6, 6.07) is 0. The van der Waals surface area contributed by atoms with E-state index in [1.807, 2.05) is 0 Å². The first-order chi connectivity index (χ1) is 21.3. The zero-order chi connectivity index (χ0) is 31.8. The fraction of sp³-hybridized carbons (Fsp3) is 0.556. The largest absolute Gasteiger partial charge is 0.386 e. The van der Waals surface area contributed by atoms with Crippen LogP contribution in [-0.2, 0) is 36.7 Å². The van der Waals surface area contributed by atoms with Crippen molar-refractivity contribution in [3.05, 3.63) is 27.0 Å². The van der Waals surface area contributed by atoms with Gasteiger partial charge < -0.3 is 20.2 Å². The monoisotopic (exact) mass is 713 g/mol. The quantitative estimate of drug-likeness (QED) is 0.135. The molecular weight excluding hydrogens is 694 g/mol. The molecule has 27 heteroatoms. The minimum absolute atomic E-state index is 0.151. The van der Waals surface area contributed by atoms with Gasteiger partial charge in [-0.2, -0.15) is 14.3 Å². The van der Waals surface area contributed by atoms with Crippen molar-refractivity contribution in [1.82, 2.24) is 49.9 Å². The van der Waals surface area contributed by atoms with Crippen molar-refractivity contribution < 1.29 is 45.5 Å². The molecule has 0 radical (unpaired) electrons. The van der Waals surface area contributed by atoms with Crippen molar-refractivity contribution in [2.24, 2.45) is 0 Å². The molecule has 3 saturated heterocycles. The number of alkyl halides is 2. The summed E-state index contributed by atoms with van der Waals surface area (Å²) >= 11 is 7.84. The maximum absolute atomic E-state index is 15.9. The van der Waals surface area contributed by atoms with Crippen molar-refractivity contribution >= 4 is 66.4 Å². The molecule has 2 unspecified atom stereocenters. The second-order valence-corrected chi connectivity index (χ2v) is 15.5. The van der Waals surface area contributed by atoms with Crippen molar-refractivity contribution in [1.29, 1.82) is 0 Å². The van der Waals surface area contributed by atoms with Crippen molar-refractivity contribution in [3.8, 4) is 0 Å². The van der Waals surface area contributed by atoms with Gasteiger partial charge in [-0.05, 0) is 0 Å². The Balaban J connectivity index is 1.21. The van der Waals surface area contributed by atoms with Gasteiger partial charge in [-0.15, -0.1) is 10.2 Å². The molecule has 7 heterocycles. The number of aromatic amines is 2. The third-order valence-electron chi connectivity index (χ3n) is 6.95. The van der Waals surface area contributed by atoms with E-state index in [9.17, 15) is 18.7 Å². The molecule has 3 aliphatic heterocycles. The van der Waals surface area contributed by atoms with E-state index in [1.165, 1.54) is 0 Å². The van der Waals surface area contributed by atoms with Gasteiger partial charge in [-0.1, -0.05) is 34.9 Å². The Bertz CT molecular complexity index is 2010. The zero-order valence-electron chi connectivity index (χ0n) is 21.9. The molecule has 3 aliphatic rings. The molecule has 4 aromatic heterocycles. The first-order valence-electron chi connectivity index (χ1n) is 12.6. The number of nitrogens with two attached hydrogens (primary N) is 1. The van der Waals surface area contributed by atoms with E-state index in [1.54, 1.807) is 0 Å². The number of hydrogen-bond acceptors (Lipinski definition) is 17. The number of ether oxygens (including phenoxy) is 2.